The number of ketones is 1. The number of Topliss-reactive ketones (excluding diaryl/α,β-unsaturated/α-hetero) is 1. The Morgan fingerprint density at radius 2 is 1.76 bits per heavy atom. The van der Waals surface area contributed by atoms with Gasteiger partial charge in [0.05, 0.1) is 11.6 Å². The maximum atomic E-state index is 13.3. The molecule has 3 aromatic rings. The highest BCUT2D eigenvalue weighted by molar-refractivity contribution is 6.46. The quantitative estimate of drug-likeness (QED) is 0.327. The Kier molecular flexibility index (Phi) is 6.00. The molecule has 0 spiro atoms. The third kappa shape index (κ3) is 4.31. The molecule has 6 heteroatoms. The van der Waals surface area contributed by atoms with Crippen molar-refractivity contribution in [1.29, 1.82) is 0 Å². The number of pyridine rings is 1. The second-order valence-corrected chi connectivity index (χ2v) is 9.66. The number of carbonyl (C=O) groups is 2. The summed E-state index contributed by atoms with van der Waals surface area (Å²) in [5.41, 5.74) is 3.58. The number of amides is 1. The van der Waals surface area contributed by atoms with Crippen LogP contribution < -0.4 is 0 Å². The molecule has 2 N–H and O–H groups in total. The normalized spacial score (nSPS) is 17.9. The van der Waals surface area contributed by atoms with Crippen molar-refractivity contribution in [3.05, 3.63) is 100 Å². The minimum absolute atomic E-state index is 0.0359. The van der Waals surface area contributed by atoms with Crippen molar-refractivity contribution in [2.24, 2.45) is 0 Å². The number of phenols is 1. The van der Waals surface area contributed by atoms with E-state index in [9.17, 15) is 19.8 Å². The van der Waals surface area contributed by atoms with Crippen LogP contribution in [-0.4, -0.2) is 31.8 Å². The molecule has 6 nitrogen and oxygen atoms in total. The van der Waals surface area contributed by atoms with E-state index in [1.54, 1.807) is 30.6 Å². The van der Waals surface area contributed by atoms with E-state index in [4.69, 9.17) is 0 Å². The molecule has 1 aliphatic rings. The number of aryl methyl sites for hydroxylation is 1. The molecule has 1 fully saturated rings. The van der Waals surface area contributed by atoms with Gasteiger partial charge in [-0.2, -0.15) is 0 Å². The number of rotatable bonds is 4. The first kappa shape index (κ1) is 23.2. The first-order valence-electron chi connectivity index (χ1n) is 11.2. The summed E-state index contributed by atoms with van der Waals surface area (Å²) in [5, 5.41) is 21.3. The van der Waals surface area contributed by atoms with Gasteiger partial charge in [0.2, 0.25) is 0 Å². The Morgan fingerprint density at radius 1 is 1.06 bits per heavy atom. The number of aliphatic hydroxyl groups is 1. The van der Waals surface area contributed by atoms with E-state index in [2.05, 4.69) is 25.8 Å². The topological polar surface area (TPSA) is 90.7 Å². The summed E-state index contributed by atoms with van der Waals surface area (Å²) < 4.78 is 0. The molecule has 1 saturated heterocycles. The van der Waals surface area contributed by atoms with Gasteiger partial charge >= 0.3 is 0 Å². The standard InChI is InChI=1S/C28H28N2O4/c1-17-7-10-20(28(2,3)4)14-22(17)25(32)23-24(19-8-11-21(31)12-9-19)30(27(34)26(23)33)16-18-6-5-13-29-15-18/h5-15,24,31-32H,16H2,1-4H3/b25-23+. The van der Waals surface area contributed by atoms with E-state index in [0.717, 1.165) is 16.7 Å². The fourth-order valence-electron chi connectivity index (χ4n) is 4.22. The summed E-state index contributed by atoms with van der Waals surface area (Å²) in [5.74, 6) is -1.55. The number of likely N-dealkylation sites (tertiary alicyclic amines) is 1. The number of carbonyl (C=O) groups excluding carboxylic acids is 2. The number of aromatic hydroxyl groups is 1. The van der Waals surface area contributed by atoms with Crippen LogP contribution >= 0.6 is 0 Å². The Hall–Kier alpha value is -3.93. The van der Waals surface area contributed by atoms with Gasteiger partial charge in [0.25, 0.3) is 11.7 Å². The molecule has 4 rings (SSSR count). The SMILES string of the molecule is Cc1ccc(C(C)(C)C)cc1/C(O)=C1\C(=O)C(=O)N(Cc2cccnc2)C1c1ccc(O)cc1. The van der Waals surface area contributed by atoms with Crippen LogP contribution in [-0.2, 0) is 21.5 Å². The van der Waals surface area contributed by atoms with Gasteiger partial charge in [-0.3, -0.25) is 14.6 Å². The van der Waals surface area contributed by atoms with Gasteiger partial charge < -0.3 is 15.1 Å². The average Bonchev–Trinajstić information content (AvgIpc) is 3.04. The zero-order valence-electron chi connectivity index (χ0n) is 19.7. The maximum Gasteiger partial charge on any atom is 0.295 e. The van der Waals surface area contributed by atoms with Crippen LogP contribution in [0.15, 0.2) is 72.6 Å². The smallest absolute Gasteiger partial charge is 0.295 e. The Balaban J connectivity index is 1.91. The van der Waals surface area contributed by atoms with E-state index in [0.29, 0.717) is 11.1 Å². The fraction of sp³-hybridized carbons (Fsp3) is 0.250. The van der Waals surface area contributed by atoms with Crippen LogP contribution in [0.4, 0.5) is 0 Å². The van der Waals surface area contributed by atoms with Gasteiger partial charge in [-0.25, -0.2) is 0 Å². The number of aromatic nitrogens is 1. The Morgan fingerprint density at radius 3 is 2.38 bits per heavy atom. The van der Waals surface area contributed by atoms with Crippen molar-refractivity contribution >= 4 is 17.4 Å². The molecule has 2 aromatic carbocycles. The van der Waals surface area contributed by atoms with Crippen molar-refractivity contribution < 1.29 is 19.8 Å². The average molecular weight is 457 g/mol. The third-order valence-electron chi connectivity index (χ3n) is 6.18. The van der Waals surface area contributed by atoms with Crippen LogP contribution in [0, 0.1) is 6.92 Å². The van der Waals surface area contributed by atoms with Crippen molar-refractivity contribution in [2.45, 2.75) is 45.7 Å². The van der Waals surface area contributed by atoms with Gasteiger partial charge in [0.1, 0.15) is 11.5 Å². The lowest BCUT2D eigenvalue weighted by Crippen LogP contribution is -2.29. The van der Waals surface area contributed by atoms with Crippen LogP contribution in [0.25, 0.3) is 5.76 Å². The lowest BCUT2D eigenvalue weighted by molar-refractivity contribution is -0.140. The molecule has 2 heterocycles. The zero-order valence-corrected chi connectivity index (χ0v) is 19.7. The van der Waals surface area contributed by atoms with Gasteiger partial charge in [-0.1, -0.05) is 51.1 Å². The van der Waals surface area contributed by atoms with Gasteiger partial charge in [0.15, 0.2) is 0 Å². The molecule has 0 saturated carbocycles. The monoisotopic (exact) mass is 456 g/mol. The van der Waals surface area contributed by atoms with Crippen LogP contribution in [0.1, 0.15) is 54.6 Å². The second-order valence-electron chi connectivity index (χ2n) is 9.66. The summed E-state index contributed by atoms with van der Waals surface area (Å²) in [7, 11) is 0. The van der Waals surface area contributed by atoms with E-state index < -0.39 is 17.7 Å². The van der Waals surface area contributed by atoms with Crippen LogP contribution in [0.2, 0.25) is 0 Å². The van der Waals surface area contributed by atoms with Crippen LogP contribution in [0.5, 0.6) is 5.75 Å². The highest BCUT2D eigenvalue weighted by Crippen LogP contribution is 2.41. The second kappa shape index (κ2) is 8.78. The maximum absolute atomic E-state index is 13.3. The lowest BCUT2D eigenvalue weighted by atomic mass is 9.84. The predicted octanol–water partition coefficient (Wildman–Crippen LogP) is 5.02. The molecule has 0 aliphatic carbocycles. The molecule has 1 aliphatic heterocycles. The molecular weight excluding hydrogens is 428 g/mol. The molecular formula is C28H28N2O4. The molecule has 0 bridgehead atoms. The van der Waals surface area contributed by atoms with Gasteiger partial charge in [-0.15, -0.1) is 0 Å². The molecule has 1 atom stereocenters. The van der Waals surface area contributed by atoms with Crippen LogP contribution in [0.3, 0.4) is 0 Å². The molecule has 1 amide bonds. The number of hydrogen-bond donors (Lipinski definition) is 2. The van der Waals surface area contributed by atoms with Gasteiger partial charge in [-0.05, 0) is 58.9 Å². The summed E-state index contributed by atoms with van der Waals surface area (Å²) >= 11 is 0. The highest BCUT2D eigenvalue weighted by Gasteiger charge is 2.46. The summed E-state index contributed by atoms with van der Waals surface area (Å²) in [6.45, 7) is 8.24. The number of hydrogen-bond acceptors (Lipinski definition) is 5. The largest absolute Gasteiger partial charge is 0.508 e. The van der Waals surface area contributed by atoms with Crippen molar-refractivity contribution in [2.75, 3.05) is 0 Å². The molecule has 34 heavy (non-hydrogen) atoms. The van der Waals surface area contributed by atoms with Crippen molar-refractivity contribution in [1.82, 2.24) is 9.88 Å². The van der Waals surface area contributed by atoms with Crippen molar-refractivity contribution in [3.63, 3.8) is 0 Å². The fourth-order valence-corrected chi connectivity index (χ4v) is 4.22. The minimum Gasteiger partial charge on any atom is -0.508 e. The number of benzene rings is 2. The minimum atomic E-state index is -0.807. The zero-order chi connectivity index (χ0) is 24.6. The van der Waals surface area contributed by atoms with E-state index in [1.807, 2.05) is 31.2 Å². The van der Waals surface area contributed by atoms with E-state index >= 15 is 0 Å². The molecule has 1 unspecified atom stereocenters. The molecule has 174 valence electrons. The Bertz CT molecular complexity index is 1270. The Labute approximate surface area is 199 Å². The van der Waals surface area contributed by atoms with E-state index in [1.165, 1.54) is 17.0 Å². The number of phenolic OH excluding ortho intramolecular Hbond substituents is 1. The first-order valence-corrected chi connectivity index (χ1v) is 11.2. The predicted molar refractivity (Wildman–Crippen MR) is 130 cm³/mol. The molecule has 1 aromatic heterocycles. The third-order valence-corrected chi connectivity index (χ3v) is 6.18. The summed E-state index contributed by atoms with van der Waals surface area (Å²) in [6, 6.07) is 14.9. The lowest BCUT2D eigenvalue weighted by Gasteiger charge is -2.26. The highest BCUT2D eigenvalue weighted by atomic mass is 16.3. The first-order chi connectivity index (χ1) is 16.1. The van der Waals surface area contributed by atoms with E-state index in [-0.39, 0.29) is 29.0 Å². The molecule has 0 radical (unpaired) electrons. The van der Waals surface area contributed by atoms with Gasteiger partial charge in [0, 0.05) is 24.5 Å². The summed E-state index contributed by atoms with van der Waals surface area (Å²) in [6.07, 6.45) is 3.28. The van der Waals surface area contributed by atoms with Crippen molar-refractivity contribution in [3.8, 4) is 5.75 Å². The summed E-state index contributed by atoms with van der Waals surface area (Å²) in [4.78, 5) is 32.0. The number of aliphatic hydroxyl groups excluding tert-OH is 1. The number of nitrogens with zero attached hydrogens (tertiary/aromatic N) is 2.